The fourth-order valence-electron chi connectivity index (χ4n) is 2.04. The van der Waals surface area contributed by atoms with Crippen molar-refractivity contribution >= 4 is 15.9 Å². The molecular weight excluding hydrogens is 242 g/mol. The molecule has 2 nitrogen and oxygen atoms in total. The lowest BCUT2D eigenvalue weighted by Crippen LogP contribution is -2.26. The van der Waals surface area contributed by atoms with Crippen LogP contribution in [0.3, 0.4) is 0 Å². The van der Waals surface area contributed by atoms with Crippen LogP contribution in [0.2, 0.25) is 0 Å². The Kier molecular flexibility index (Phi) is 3.08. The van der Waals surface area contributed by atoms with Crippen molar-refractivity contribution in [2.24, 2.45) is 0 Å². The highest BCUT2D eigenvalue weighted by molar-refractivity contribution is 9.10. The lowest BCUT2D eigenvalue weighted by molar-refractivity contribution is 0.423. The average molecular weight is 256 g/mol. The normalized spacial score (nSPS) is 18.4. The summed E-state index contributed by atoms with van der Waals surface area (Å²) in [4.78, 5) is 0. The van der Waals surface area contributed by atoms with Gasteiger partial charge in [0.25, 0.3) is 0 Å². The number of phenols is 1. The number of hydrogen-bond donors (Lipinski definition) is 2. The second-order valence-corrected chi connectivity index (χ2v) is 4.55. The Morgan fingerprint density at radius 2 is 2.00 bits per heavy atom. The Labute approximate surface area is 92.5 Å². The third-order valence-electron chi connectivity index (χ3n) is 2.78. The van der Waals surface area contributed by atoms with E-state index in [9.17, 15) is 5.11 Å². The second-order valence-electron chi connectivity index (χ2n) is 3.70. The maximum Gasteiger partial charge on any atom is 0.120 e. The summed E-state index contributed by atoms with van der Waals surface area (Å²) in [6, 6.07) is 5.63. The molecule has 1 heterocycles. The van der Waals surface area contributed by atoms with Crippen LogP contribution in [0.4, 0.5) is 0 Å². The molecule has 2 rings (SSSR count). The molecule has 1 aliphatic rings. The molecule has 3 heteroatoms. The zero-order valence-corrected chi connectivity index (χ0v) is 9.55. The molecule has 0 amide bonds. The summed E-state index contributed by atoms with van der Waals surface area (Å²) in [5.41, 5.74) is 1.08. The predicted octanol–water partition coefficient (Wildman–Crippen LogP) is 2.62. The van der Waals surface area contributed by atoms with Crippen molar-refractivity contribution in [1.82, 2.24) is 5.32 Å². The van der Waals surface area contributed by atoms with Crippen molar-refractivity contribution in [3.05, 3.63) is 28.2 Å². The van der Waals surface area contributed by atoms with E-state index >= 15 is 0 Å². The van der Waals surface area contributed by atoms with Crippen LogP contribution >= 0.6 is 15.9 Å². The summed E-state index contributed by atoms with van der Waals surface area (Å²) in [6.07, 6.45) is 2.21. The number of halogens is 1. The van der Waals surface area contributed by atoms with Gasteiger partial charge in [-0.25, -0.2) is 0 Å². The van der Waals surface area contributed by atoms with Crippen molar-refractivity contribution in [2.75, 3.05) is 13.1 Å². The fraction of sp³-hybridized carbons (Fsp3) is 0.455. The zero-order chi connectivity index (χ0) is 9.97. The smallest absolute Gasteiger partial charge is 0.120 e. The summed E-state index contributed by atoms with van der Waals surface area (Å²) < 4.78 is 1.03. The molecule has 2 N–H and O–H groups in total. The number of aromatic hydroxyl groups is 1. The van der Waals surface area contributed by atoms with Gasteiger partial charge in [0, 0.05) is 10.0 Å². The van der Waals surface area contributed by atoms with Crippen LogP contribution in [0.25, 0.3) is 0 Å². The van der Waals surface area contributed by atoms with Crippen molar-refractivity contribution in [2.45, 2.75) is 18.8 Å². The third kappa shape index (κ3) is 1.93. The van der Waals surface area contributed by atoms with Gasteiger partial charge < -0.3 is 10.4 Å². The topological polar surface area (TPSA) is 32.3 Å². The number of piperidine rings is 1. The molecule has 0 saturated carbocycles. The van der Waals surface area contributed by atoms with Gasteiger partial charge in [-0.1, -0.05) is 22.0 Å². The minimum absolute atomic E-state index is 0.422. The average Bonchev–Trinajstić information content (AvgIpc) is 2.19. The molecule has 76 valence electrons. The molecule has 0 unspecified atom stereocenters. The molecule has 0 aliphatic carbocycles. The van der Waals surface area contributed by atoms with Crippen molar-refractivity contribution in [1.29, 1.82) is 0 Å². The minimum Gasteiger partial charge on any atom is -0.508 e. The van der Waals surface area contributed by atoms with E-state index in [0.717, 1.165) is 36.0 Å². The number of rotatable bonds is 1. The standard InChI is InChI=1S/C11H14BrNO/c12-9-2-1-3-10(14)11(9)8-4-6-13-7-5-8/h1-3,8,13-14H,4-7H2. The Bertz CT molecular complexity index is 301. The van der Waals surface area contributed by atoms with Gasteiger partial charge in [0.15, 0.2) is 0 Å². The maximum absolute atomic E-state index is 9.79. The molecule has 1 aliphatic heterocycles. The molecule has 1 saturated heterocycles. The molecule has 0 bridgehead atoms. The molecule has 1 aromatic carbocycles. The lowest BCUT2D eigenvalue weighted by atomic mass is 9.90. The van der Waals surface area contributed by atoms with E-state index in [1.807, 2.05) is 12.1 Å². The largest absolute Gasteiger partial charge is 0.508 e. The Morgan fingerprint density at radius 3 is 2.64 bits per heavy atom. The van der Waals surface area contributed by atoms with Crippen LogP contribution in [-0.2, 0) is 0 Å². The van der Waals surface area contributed by atoms with Gasteiger partial charge >= 0.3 is 0 Å². The molecule has 14 heavy (non-hydrogen) atoms. The van der Waals surface area contributed by atoms with Gasteiger partial charge in [0.1, 0.15) is 5.75 Å². The van der Waals surface area contributed by atoms with E-state index in [-0.39, 0.29) is 0 Å². The molecule has 0 spiro atoms. The number of nitrogens with one attached hydrogen (secondary N) is 1. The molecule has 0 radical (unpaired) electrons. The molecule has 1 aromatic rings. The van der Waals surface area contributed by atoms with Crippen LogP contribution in [0.1, 0.15) is 24.3 Å². The predicted molar refractivity (Wildman–Crippen MR) is 60.7 cm³/mol. The SMILES string of the molecule is Oc1cccc(Br)c1C1CCNCC1. The fourth-order valence-corrected chi connectivity index (χ4v) is 2.72. The summed E-state index contributed by atoms with van der Waals surface area (Å²) in [5.74, 6) is 0.915. The van der Waals surface area contributed by atoms with Crippen LogP contribution in [0.15, 0.2) is 22.7 Å². The highest BCUT2D eigenvalue weighted by Gasteiger charge is 2.20. The monoisotopic (exact) mass is 255 g/mol. The van der Waals surface area contributed by atoms with Gasteiger partial charge in [-0.05, 0) is 44.0 Å². The highest BCUT2D eigenvalue weighted by atomic mass is 79.9. The van der Waals surface area contributed by atoms with Gasteiger partial charge in [0.05, 0.1) is 0 Å². The first-order valence-corrected chi connectivity index (χ1v) is 5.76. The van der Waals surface area contributed by atoms with Crippen LogP contribution in [0, 0.1) is 0 Å². The lowest BCUT2D eigenvalue weighted by Gasteiger charge is -2.24. The van der Waals surface area contributed by atoms with E-state index in [4.69, 9.17) is 0 Å². The second kappa shape index (κ2) is 4.32. The highest BCUT2D eigenvalue weighted by Crippen LogP contribution is 2.37. The molecular formula is C11H14BrNO. The van der Waals surface area contributed by atoms with Crippen molar-refractivity contribution < 1.29 is 5.11 Å². The van der Waals surface area contributed by atoms with Crippen LogP contribution in [0.5, 0.6) is 5.75 Å². The number of hydrogen-bond acceptors (Lipinski definition) is 2. The molecule has 0 aromatic heterocycles. The minimum atomic E-state index is 0.422. The number of benzene rings is 1. The first-order chi connectivity index (χ1) is 6.79. The summed E-state index contributed by atoms with van der Waals surface area (Å²) in [7, 11) is 0. The summed E-state index contributed by atoms with van der Waals surface area (Å²) in [5, 5.41) is 13.1. The number of phenolic OH excluding ortho intramolecular Hbond substituents is 1. The van der Waals surface area contributed by atoms with E-state index in [2.05, 4.69) is 21.2 Å². The van der Waals surface area contributed by atoms with Crippen molar-refractivity contribution in [3.8, 4) is 5.75 Å². The first kappa shape index (κ1) is 9.99. The summed E-state index contributed by atoms with van der Waals surface area (Å²) in [6.45, 7) is 2.09. The van der Waals surface area contributed by atoms with E-state index < -0.39 is 0 Å². The molecule has 1 fully saturated rings. The third-order valence-corrected chi connectivity index (χ3v) is 3.47. The first-order valence-electron chi connectivity index (χ1n) is 4.97. The Morgan fingerprint density at radius 1 is 1.29 bits per heavy atom. The quantitative estimate of drug-likeness (QED) is 0.809. The Balaban J connectivity index is 2.29. The molecule has 0 atom stereocenters. The van der Waals surface area contributed by atoms with E-state index in [1.54, 1.807) is 6.07 Å². The zero-order valence-electron chi connectivity index (χ0n) is 7.96. The van der Waals surface area contributed by atoms with Gasteiger partial charge in [-0.15, -0.1) is 0 Å². The van der Waals surface area contributed by atoms with Gasteiger partial charge in [-0.2, -0.15) is 0 Å². The van der Waals surface area contributed by atoms with E-state index in [0.29, 0.717) is 11.7 Å². The maximum atomic E-state index is 9.79. The van der Waals surface area contributed by atoms with Crippen molar-refractivity contribution in [3.63, 3.8) is 0 Å². The van der Waals surface area contributed by atoms with Crippen LogP contribution in [-0.4, -0.2) is 18.2 Å². The van der Waals surface area contributed by atoms with Gasteiger partial charge in [-0.3, -0.25) is 0 Å². The Hall–Kier alpha value is -0.540. The summed E-state index contributed by atoms with van der Waals surface area (Å²) >= 11 is 3.50. The van der Waals surface area contributed by atoms with E-state index in [1.165, 1.54) is 0 Å². The van der Waals surface area contributed by atoms with Crippen LogP contribution < -0.4 is 5.32 Å². The van der Waals surface area contributed by atoms with Gasteiger partial charge in [0.2, 0.25) is 0 Å².